The molecule has 0 saturated heterocycles. The van der Waals surface area contributed by atoms with Crippen LogP contribution in [0.4, 0.5) is 5.69 Å². The number of hydrogen-bond donors (Lipinski definition) is 2. The second-order valence-electron chi connectivity index (χ2n) is 7.06. The van der Waals surface area contributed by atoms with E-state index in [1.54, 1.807) is 12.1 Å². The molecule has 29 heavy (non-hydrogen) atoms. The molecule has 0 spiro atoms. The van der Waals surface area contributed by atoms with Crippen LogP contribution < -0.4 is 24.8 Å². The lowest BCUT2D eigenvalue weighted by Crippen LogP contribution is -2.39. The normalized spacial score (nSPS) is 13.9. The van der Waals surface area contributed by atoms with Crippen molar-refractivity contribution in [1.29, 1.82) is 0 Å². The van der Waals surface area contributed by atoms with Crippen molar-refractivity contribution in [3.05, 3.63) is 47.5 Å². The van der Waals surface area contributed by atoms with Crippen LogP contribution in [0.3, 0.4) is 0 Å². The summed E-state index contributed by atoms with van der Waals surface area (Å²) in [7, 11) is 4.52. The summed E-state index contributed by atoms with van der Waals surface area (Å²) in [5, 5.41) is 5.72. The molecule has 0 atom stereocenters. The van der Waals surface area contributed by atoms with E-state index in [0.29, 0.717) is 42.3 Å². The van der Waals surface area contributed by atoms with Crippen molar-refractivity contribution in [2.75, 3.05) is 26.6 Å². The summed E-state index contributed by atoms with van der Waals surface area (Å²) in [6.07, 6.45) is 1.03. The van der Waals surface area contributed by atoms with Crippen LogP contribution in [0.2, 0.25) is 0 Å². The number of rotatable bonds is 8. The van der Waals surface area contributed by atoms with Crippen LogP contribution in [0.15, 0.2) is 36.4 Å². The molecule has 2 aromatic carbocycles. The number of carbonyl (C=O) groups is 2. The lowest BCUT2D eigenvalue weighted by atomic mass is 10.0. The van der Waals surface area contributed by atoms with Crippen LogP contribution in [0.5, 0.6) is 17.2 Å². The fraction of sp³-hybridized carbons (Fsp3) is 0.364. The molecule has 1 saturated carbocycles. The van der Waals surface area contributed by atoms with E-state index in [1.807, 2.05) is 31.2 Å². The zero-order valence-electron chi connectivity index (χ0n) is 17.1. The Morgan fingerprint density at radius 3 is 2.10 bits per heavy atom. The molecular formula is C22H26N2O5. The second kappa shape index (κ2) is 8.43. The summed E-state index contributed by atoms with van der Waals surface area (Å²) < 4.78 is 15.9. The molecule has 0 aromatic heterocycles. The van der Waals surface area contributed by atoms with Crippen LogP contribution >= 0.6 is 0 Å². The van der Waals surface area contributed by atoms with Gasteiger partial charge in [0.2, 0.25) is 17.6 Å². The average Bonchev–Trinajstić information content (AvgIpc) is 3.54. The number of aryl methyl sites for hydroxylation is 1. The number of nitrogens with one attached hydrogen (secondary N) is 2. The minimum atomic E-state index is -1.04. The molecule has 1 aliphatic rings. The predicted molar refractivity (Wildman–Crippen MR) is 109 cm³/mol. The van der Waals surface area contributed by atoms with Gasteiger partial charge in [-0.3, -0.25) is 9.59 Å². The maximum atomic E-state index is 12.9. The number of hydrogen-bond acceptors (Lipinski definition) is 5. The largest absolute Gasteiger partial charge is 0.493 e. The summed E-state index contributed by atoms with van der Waals surface area (Å²) in [5.41, 5.74) is 1.56. The van der Waals surface area contributed by atoms with Crippen molar-refractivity contribution in [2.45, 2.75) is 26.3 Å². The first-order chi connectivity index (χ1) is 13.9. The van der Waals surface area contributed by atoms with Gasteiger partial charge < -0.3 is 24.8 Å². The Hall–Kier alpha value is -3.22. The van der Waals surface area contributed by atoms with Gasteiger partial charge in [-0.25, -0.2) is 0 Å². The SMILES string of the molecule is COc1cc(NC(=O)C2(C(=O)NCc3ccccc3C)CC2)cc(OC)c1OC. The van der Waals surface area contributed by atoms with Crippen LogP contribution in [0.1, 0.15) is 24.0 Å². The first kappa shape index (κ1) is 20.5. The van der Waals surface area contributed by atoms with Crippen LogP contribution in [-0.4, -0.2) is 33.1 Å². The summed E-state index contributed by atoms with van der Waals surface area (Å²) in [5.74, 6) is 0.692. The number of methoxy groups -OCH3 is 3. The van der Waals surface area contributed by atoms with Gasteiger partial charge in [0, 0.05) is 24.4 Å². The number of ether oxygens (including phenoxy) is 3. The first-order valence-corrected chi connectivity index (χ1v) is 9.39. The van der Waals surface area contributed by atoms with Gasteiger partial charge in [-0.1, -0.05) is 24.3 Å². The van der Waals surface area contributed by atoms with Crippen molar-refractivity contribution >= 4 is 17.5 Å². The Kier molecular flexibility index (Phi) is 5.96. The van der Waals surface area contributed by atoms with Gasteiger partial charge in [0.15, 0.2) is 11.5 Å². The predicted octanol–water partition coefficient (Wildman–Crippen LogP) is 3.06. The van der Waals surface area contributed by atoms with E-state index < -0.39 is 5.41 Å². The zero-order valence-corrected chi connectivity index (χ0v) is 17.1. The van der Waals surface area contributed by atoms with Crippen molar-refractivity contribution in [1.82, 2.24) is 5.32 Å². The maximum Gasteiger partial charge on any atom is 0.240 e. The van der Waals surface area contributed by atoms with E-state index >= 15 is 0 Å². The minimum absolute atomic E-state index is 0.259. The van der Waals surface area contributed by atoms with Gasteiger partial charge >= 0.3 is 0 Å². The van der Waals surface area contributed by atoms with E-state index in [1.165, 1.54) is 21.3 Å². The molecule has 1 fully saturated rings. The summed E-state index contributed by atoms with van der Waals surface area (Å²) in [6, 6.07) is 11.1. The number of benzene rings is 2. The van der Waals surface area contributed by atoms with Gasteiger partial charge in [-0.05, 0) is 30.9 Å². The minimum Gasteiger partial charge on any atom is -0.493 e. The highest BCUT2D eigenvalue weighted by Gasteiger charge is 2.56. The van der Waals surface area contributed by atoms with Crippen molar-refractivity contribution in [3.63, 3.8) is 0 Å². The fourth-order valence-electron chi connectivity index (χ4n) is 3.24. The van der Waals surface area contributed by atoms with Gasteiger partial charge in [0.25, 0.3) is 0 Å². The van der Waals surface area contributed by atoms with Crippen molar-refractivity contribution < 1.29 is 23.8 Å². The Labute approximate surface area is 170 Å². The molecule has 154 valence electrons. The number of carbonyl (C=O) groups excluding carboxylic acids is 2. The fourth-order valence-corrected chi connectivity index (χ4v) is 3.24. The molecule has 0 aliphatic heterocycles. The van der Waals surface area contributed by atoms with Crippen LogP contribution in [0.25, 0.3) is 0 Å². The third kappa shape index (κ3) is 4.13. The van der Waals surface area contributed by atoms with E-state index in [9.17, 15) is 9.59 Å². The molecule has 2 amide bonds. The molecule has 2 N–H and O–H groups in total. The Bertz CT molecular complexity index is 896. The van der Waals surface area contributed by atoms with Crippen LogP contribution in [0, 0.1) is 12.3 Å². The molecule has 3 rings (SSSR count). The van der Waals surface area contributed by atoms with Gasteiger partial charge in [0.1, 0.15) is 5.41 Å². The highest BCUT2D eigenvalue weighted by atomic mass is 16.5. The number of amides is 2. The van der Waals surface area contributed by atoms with E-state index in [2.05, 4.69) is 10.6 Å². The summed E-state index contributed by atoms with van der Waals surface area (Å²) in [6.45, 7) is 2.39. The molecular weight excluding hydrogens is 372 g/mol. The molecule has 1 aliphatic carbocycles. The third-order valence-electron chi connectivity index (χ3n) is 5.24. The molecule has 0 bridgehead atoms. The van der Waals surface area contributed by atoms with Crippen molar-refractivity contribution in [2.24, 2.45) is 5.41 Å². The lowest BCUT2D eigenvalue weighted by Gasteiger charge is -2.18. The third-order valence-corrected chi connectivity index (χ3v) is 5.24. The average molecular weight is 398 g/mol. The number of anilines is 1. The van der Waals surface area contributed by atoms with Gasteiger partial charge in [0.05, 0.1) is 21.3 Å². The first-order valence-electron chi connectivity index (χ1n) is 9.39. The Balaban J connectivity index is 1.71. The standard InChI is InChI=1S/C22H26N2O5/c1-14-7-5-6-8-15(14)13-23-20(25)22(9-10-22)21(26)24-16-11-17(27-2)19(29-4)18(12-16)28-3/h5-8,11-12H,9-10,13H2,1-4H3,(H,23,25)(H,24,26). The Morgan fingerprint density at radius 2 is 1.59 bits per heavy atom. The smallest absolute Gasteiger partial charge is 0.240 e. The quantitative estimate of drug-likeness (QED) is 0.668. The van der Waals surface area contributed by atoms with Gasteiger partial charge in [-0.2, -0.15) is 0 Å². The van der Waals surface area contributed by atoms with Gasteiger partial charge in [-0.15, -0.1) is 0 Å². The molecule has 0 radical (unpaired) electrons. The summed E-state index contributed by atoms with van der Waals surface area (Å²) in [4.78, 5) is 25.6. The molecule has 2 aromatic rings. The molecule has 7 heteroatoms. The highest BCUT2D eigenvalue weighted by molar-refractivity contribution is 6.13. The monoisotopic (exact) mass is 398 g/mol. The van der Waals surface area contributed by atoms with E-state index in [4.69, 9.17) is 14.2 Å². The highest BCUT2D eigenvalue weighted by Crippen LogP contribution is 2.47. The molecule has 0 heterocycles. The summed E-state index contributed by atoms with van der Waals surface area (Å²) >= 11 is 0. The van der Waals surface area contributed by atoms with Crippen molar-refractivity contribution in [3.8, 4) is 17.2 Å². The second-order valence-corrected chi connectivity index (χ2v) is 7.06. The molecule has 7 nitrogen and oxygen atoms in total. The zero-order chi connectivity index (χ0) is 21.0. The van der Waals surface area contributed by atoms with E-state index in [-0.39, 0.29) is 11.8 Å². The van der Waals surface area contributed by atoms with E-state index in [0.717, 1.165) is 11.1 Å². The topological polar surface area (TPSA) is 85.9 Å². The van der Waals surface area contributed by atoms with Crippen LogP contribution in [-0.2, 0) is 16.1 Å². The molecule has 0 unspecified atom stereocenters. The lowest BCUT2D eigenvalue weighted by molar-refractivity contribution is -0.134. The maximum absolute atomic E-state index is 12.9. The Morgan fingerprint density at radius 1 is 0.966 bits per heavy atom.